The summed E-state index contributed by atoms with van der Waals surface area (Å²) >= 11 is 0. The molecule has 2 heterocycles. The van der Waals surface area contributed by atoms with Crippen molar-refractivity contribution >= 4 is 24.3 Å². The van der Waals surface area contributed by atoms with Gasteiger partial charge in [0.1, 0.15) is 0 Å². The summed E-state index contributed by atoms with van der Waals surface area (Å²) in [5.74, 6) is 0.682. The molecule has 0 radical (unpaired) electrons. The van der Waals surface area contributed by atoms with Crippen LogP contribution in [-0.4, -0.2) is 49.6 Å². The largest absolute Gasteiger partial charge is 0.466 e. The van der Waals surface area contributed by atoms with E-state index in [1.165, 1.54) is 0 Å². The van der Waals surface area contributed by atoms with Crippen molar-refractivity contribution in [3.05, 3.63) is 0 Å². The number of nitrogens with zero attached hydrogens (tertiary/aromatic N) is 1. The Bertz CT molecular complexity index is 338. The second-order valence-electron chi connectivity index (χ2n) is 5.80. The molecule has 2 rings (SSSR count). The highest BCUT2D eigenvalue weighted by Crippen LogP contribution is 2.22. The van der Waals surface area contributed by atoms with Gasteiger partial charge >= 0.3 is 5.97 Å². The Morgan fingerprint density at radius 2 is 1.76 bits per heavy atom. The van der Waals surface area contributed by atoms with Gasteiger partial charge in [0, 0.05) is 19.5 Å². The molecule has 2 saturated heterocycles. The molecule has 1 amide bonds. The number of carbonyl (C=O) groups excluding carboxylic acids is 2. The van der Waals surface area contributed by atoms with Crippen molar-refractivity contribution in [1.82, 2.24) is 10.2 Å². The molecule has 2 aliphatic heterocycles. The number of esters is 1. The van der Waals surface area contributed by atoms with Crippen LogP contribution < -0.4 is 5.32 Å². The molecule has 122 valence electrons. The lowest BCUT2D eigenvalue weighted by atomic mass is 9.92. The highest BCUT2D eigenvalue weighted by atomic mass is 35.5. The summed E-state index contributed by atoms with van der Waals surface area (Å²) in [6.45, 7) is 5.73. The predicted octanol–water partition coefficient (Wildman–Crippen LogP) is 1.60. The normalized spacial score (nSPS) is 20.7. The molecule has 0 spiro atoms. The average molecular weight is 319 g/mol. The maximum Gasteiger partial charge on any atom is 0.309 e. The van der Waals surface area contributed by atoms with Crippen LogP contribution in [0.15, 0.2) is 0 Å². The molecule has 0 aliphatic carbocycles. The summed E-state index contributed by atoms with van der Waals surface area (Å²) in [4.78, 5) is 25.8. The van der Waals surface area contributed by atoms with Gasteiger partial charge in [-0.1, -0.05) is 0 Å². The second kappa shape index (κ2) is 9.26. The second-order valence-corrected chi connectivity index (χ2v) is 5.80. The van der Waals surface area contributed by atoms with Crippen LogP contribution >= 0.6 is 12.4 Å². The Hall–Kier alpha value is -0.810. The van der Waals surface area contributed by atoms with Crippen molar-refractivity contribution in [3.8, 4) is 0 Å². The van der Waals surface area contributed by atoms with Crippen molar-refractivity contribution in [2.24, 2.45) is 11.8 Å². The van der Waals surface area contributed by atoms with Gasteiger partial charge in [-0.05, 0) is 51.6 Å². The quantitative estimate of drug-likeness (QED) is 0.800. The molecule has 5 nitrogen and oxygen atoms in total. The Balaban J connectivity index is 0.00000220. The third kappa shape index (κ3) is 5.47. The number of amides is 1. The number of rotatable bonds is 4. The fraction of sp³-hybridized carbons (Fsp3) is 0.867. The van der Waals surface area contributed by atoms with E-state index in [9.17, 15) is 9.59 Å². The summed E-state index contributed by atoms with van der Waals surface area (Å²) in [6, 6.07) is 0. The first kappa shape index (κ1) is 18.2. The van der Waals surface area contributed by atoms with E-state index in [2.05, 4.69) is 5.32 Å². The predicted molar refractivity (Wildman–Crippen MR) is 83.4 cm³/mol. The fourth-order valence-corrected chi connectivity index (χ4v) is 3.09. The van der Waals surface area contributed by atoms with Crippen LogP contribution in [0.1, 0.15) is 39.0 Å². The molecular weight excluding hydrogens is 292 g/mol. The van der Waals surface area contributed by atoms with Gasteiger partial charge in [-0.25, -0.2) is 0 Å². The maximum absolute atomic E-state index is 12.3. The molecular formula is C15H27ClN2O3. The first-order valence-electron chi connectivity index (χ1n) is 7.85. The first-order chi connectivity index (χ1) is 9.70. The Labute approximate surface area is 133 Å². The molecule has 0 bridgehead atoms. The van der Waals surface area contributed by atoms with Gasteiger partial charge in [-0.15, -0.1) is 12.4 Å². The lowest BCUT2D eigenvalue weighted by Crippen LogP contribution is -2.42. The van der Waals surface area contributed by atoms with E-state index < -0.39 is 0 Å². The van der Waals surface area contributed by atoms with Gasteiger partial charge in [0.05, 0.1) is 12.5 Å². The van der Waals surface area contributed by atoms with Crippen molar-refractivity contribution in [2.45, 2.75) is 39.0 Å². The van der Waals surface area contributed by atoms with E-state index in [-0.39, 0.29) is 30.2 Å². The number of halogens is 1. The Kier molecular flexibility index (Phi) is 8.04. The summed E-state index contributed by atoms with van der Waals surface area (Å²) in [5.41, 5.74) is 0. The molecule has 0 aromatic heterocycles. The molecule has 2 fully saturated rings. The van der Waals surface area contributed by atoms with Crippen LogP contribution in [0, 0.1) is 11.8 Å². The molecule has 1 N–H and O–H groups in total. The minimum absolute atomic E-state index is 0. The molecule has 0 unspecified atom stereocenters. The highest BCUT2D eigenvalue weighted by molar-refractivity contribution is 5.85. The molecule has 6 heteroatoms. The van der Waals surface area contributed by atoms with Gasteiger partial charge in [0.15, 0.2) is 0 Å². The minimum atomic E-state index is -0.0991. The smallest absolute Gasteiger partial charge is 0.309 e. The summed E-state index contributed by atoms with van der Waals surface area (Å²) < 4.78 is 5.05. The number of ether oxygens (including phenoxy) is 1. The number of piperidine rings is 2. The minimum Gasteiger partial charge on any atom is -0.466 e. The summed E-state index contributed by atoms with van der Waals surface area (Å²) in [7, 11) is 0. The molecule has 21 heavy (non-hydrogen) atoms. The number of carbonyl (C=O) groups is 2. The molecule has 0 aromatic rings. The lowest BCUT2D eigenvalue weighted by Gasteiger charge is -2.32. The van der Waals surface area contributed by atoms with Crippen molar-refractivity contribution in [3.63, 3.8) is 0 Å². The number of nitrogens with one attached hydrogen (secondary N) is 1. The monoisotopic (exact) mass is 318 g/mol. The van der Waals surface area contributed by atoms with Crippen molar-refractivity contribution in [1.29, 1.82) is 0 Å². The van der Waals surface area contributed by atoms with E-state index >= 15 is 0 Å². The molecule has 2 aliphatic rings. The van der Waals surface area contributed by atoms with Gasteiger partial charge < -0.3 is 15.0 Å². The van der Waals surface area contributed by atoms with Gasteiger partial charge in [0.2, 0.25) is 5.91 Å². The summed E-state index contributed by atoms with van der Waals surface area (Å²) in [6.07, 6.45) is 4.37. The van der Waals surface area contributed by atoms with E-state index in [0.717, 1.165) is 38.8 Å². The molecule has 0 aromatic carbocycles. The van der Waals surface area contributed by atoms with Crippen LogP contribution in [0.2, 0.25) is 0 Å². The third-order valence-electron chi connectivity index (χ3n) is 4.39. The van der Waals surface area contributed by atoms with E-state index in [0.29, 0.717) is 32.0 Å². The Morgan fingerprint density at radius 3 is 2.33 bits per heavy atom. The number of likely N-dealkylation sites (tertiary alicyclic amines) is 1. The van der Waals surface area contributed by atoms with Gasteiger partial charge in [-0.3, -0.25) is 9.59 Å². The van der Waals surface area contributed by atoms with Crippen LogP contribution in [0.4, 0.5) is 0 Å². The maximum atomic E-state index is 12.3. The first-order valence-corrected chi connectivity index (χ1v) is 7.85. The van der Waals surface area contributed by atoms with Crippen molar-refractivity contribution < 1.29 is 14.3 Å². The molecule has 0 atom stereocenters. The van der Waals surface area contributed by atoms with Crippen LogP contribution in [0.25, 0.3) is 0 Å². The zero-order chi connectivity index (χ0) is 14.4. The van der Waals surface area contributed by atoms with Crippen LogP contribution in [-0.2, 0) is 14.3 Å². The SMILES string of the molecule is CCOC(=O)C1CCN(C(=O)CC2CCNCC2)CC1.Cl. The third-order valence-corrected chi connectivity index (χ3v) is 4.39. The van der Waals surface area contributed by atoms with E-state index in [1.54, 1.807) is 0 Å². The molecule has 0 saturated carbocycles. The number of hydrogen-bond acceptors (Lipinski definition) is 4. The zero-order valence-corrected chi connectivity index (χ0v) is 13.6. The van der Waals surface area contributed by atoms with Crippen LogP contribution in [0.3, 0.4) is 0 Å². The van der Waals surface area contributed by atoms with Gasteiger partial charge in [0.25, 0.3) is 0 Å². The number of hydrogen-bond donors (Lipinski definition) is 1. The lowest BCUT2D eigenvalue weighted by molar-refractivity contribution is -0.151. The average Bonchev–Trinajstić information content (AvgIpc) is 2.48. The topological polar surface area (TPSA) is 58.6 Å². The Morgan fingerprint density at radius 1 is 1.14 bits per heavy atom. The highest BCUT2D eigenvalue weighted by Gasteiger charge is 2.29. The van der Waals surface area contributed by atoms with E-state index in [4.69, 9.17) is 4.74 Å². The van der Waals surface area contributed by atoms with Crippen LogP contribution in [0.5, 0.6) is 0 Å². The van der Waals surface area contributed by atoms with Gasteiger partial charge in [-0.2, -0.15) is 0 Å². The zero-order valence-electron chi connectivity index (χ0n) is 12.8. The fourth-order valence-electron chi connectivity index (χ4n) is 3.09. The summed E-state index contributed by atoms with van der Waals surface area (Å²) in [5, 5.41) is 3.32. The van der Waals surface area contributed by atoms with Crippen molar-refractivity contribution in [2.75, 3.05) is 32.8 Å². The standard InChI is InChI=1S/C15H26N2O3.ClH/c1-2-20-15(19)13-5-9-17(10-6-13)14(18)11-12-3-7-16-8-4-12;/h12-13,16H,2-11H2,1H3;1H. The van der Waals surface area contributed by atoms with E-state index in [1.807, 2.05) is 11.8 Å².